The molecule has 1 atom stereocenters. The number of hydrogen-bond donors (Lipinski definition) is 2. The first-order valence-corrected chi connectivity index (χ1v) is 3.62. The molecule has 0 aliphatic rings. The van der Waals surface area contributed by atoms with Gasteiger partial charge in [0.15, 0.2) is 5.83 Å². The summed E-state index contributed by atoms with van der Waals surface area (Å²) >= 11 is 0. The molecule has 1 amide bonds. The van der Waals surface area contributed by atoms with Gasteiger partial charge in [0.25, 0.3) is 6.43 Å². The second-order valence-electron chi connectivity index (χ2n) is 2.42. The third kappa shape index (κ3) is 5.24. The molecule has 1 unspecified atom stereocenters. The molecule has 0 spiro atoms. The van der Waals surface area contributed by atoms with Crippen molar-refractivity contribution in [2.24, 2.45) is 5.73 Å². The number of allylic oxidation sites excluding steroid dienone is 1. The standard InChI is InChI=1S/C7H11F3N2O/c1-4(11)7(13)12-3-2-5(8)6(9)10/h2,4,6H,3,11H2,1H3,(H,12,13)/b5-2-. The molecule has 0 aliphatic heterocycles. The highest BCUT2D eigenvalue weighted by molar-refractivity contribution is 5.81. The van der Waals surface area contributed by atoms with Gasteiger partial charge in [-0.3, -0.25) is 4.79 Å². The highest BCUT2D eigenvalue weighted by Crippen LogP contribution is 2.07. The second kappa shape index (κ2) is 5.58. The van der Waals surface area contributed by atoms with Crippen LogP contribution in [0.5, 0.6) is 0 Å². The van der Waals surface area contributed by atoms with Gasteiger partial charge in [-0.25, -0.2) is 13.2 Å². The zero-order chi connectivity index (χ0) is 10.4. The summed E-state index contributed by atoms with van der Waals surface area (Å²) in [7, 11) is 0. The first kappa shape index (κ1) is 12.0. The molecule has 0 fully saturated rings. The van der Waals surface area contributed by atoms with Crippen LogP contribution in [0, 0.1) is 0 Å². The lowest BCUT2D eigenvalue weighted by Crippen LogP contribution is -2.38. The van der Waals surface area contributed by atoms with Crippen LogP contribution in [0.15, 0.2) is 11.9 Å². The van der Waals surface area contributed by atoms with Crippen LogP contribution >= 0.6 is 0 Å². The first-order chi connectivity index (χ1) is 5.95. The molecular formula is C7H11F3N2O. The lowest BCUT2D eigenvalue weighted by Gasteiger charge is -2.04. The van der Waals surface area contributed by atoms with E-state index in [0.29, 0.717) is 6.08 Å². The Kier molecular flexibility index (Phi) is 5.13. The molecule has 76 valence electrons. The van der Waals surface area contributed by atoms with Crippen LogP contribution in [0.25, 0.3) is 0 Å². The summed E-state index contributed by atoms with van der Waals surface area (Å²) in [5.74, 6) is -2.07. The Labute approximate surface area is 73.8 Å². The third-order valence-corrected chi connectivity index (χ3v) is 1.20. The number of nitrogens with one attached hydrogen (secondary N) is 1. The fourth-order valence-corrected chi connectivity index (χ4v) is 0.499. The molecule has 0 saturated carbocycles. The van der Waals surface area contributed by atoms with Gasteiger partial charge in [-0.05, 0) is 13.0 Å². The Hall–Kier alpha value is -1.04. The van der Waals surface area contributed by atoms with E-state index in [-0.39, 0.29) is 6.54 Å². The molecular weight excluding hydrogens is 185 g/mol. The van der Waals surface area contributed by atoms with Gasteiger partial charge in [0, 0.05) is 6.54 Å². The molecule has 13 heavy (non-hydrogen) atoms. The van der Waals surface area contributed by atoms with Gasteiger partial charge >= 0.3 is 0 Å². The van der Waals surface area contributed by atoms with E-state index in [1.165, 1.54) is 6.92 Å². The second-order valence-corrected chi connectivity index (χ2v) is 2.42. The predicted molar refractivity (Wildman–Crippen MR) is 41.9 cm³/mol. The van der Waals surface area contributed by atoms with E-state index in [9.17, 15) is 18.0 Å². The van der Waals surface area contributed by atoms with Crippen LogP contribution in [0.3, 0.4) is 0 Å². The van der Waals surface area contributed by atoms with Crippen molar-refractivity contribution in [1.82, 2.24) is 5.32 Å². The molecule has 0 saturated heterocycles. The average molecular weight is 196 g/mol. The molecule has 0 aliphatic carbocycles. The average Bonchev–Trinajstić information content (AvgIpc) is 2.03. The zero-order valence-electron chi connectivity index (χ0n) is 7.06. The van der Waals surface area contributed by atoms with Crippen LogP contribution in [0.1, 0.15) is 6.92 Å². The molecule has 0 aromatic carbocycles. The minimum absolute atomic E-state index is 0.281. The molecule has 3 nitrogen and oxygen atoms in total. The molecule has 0 aromatic rings. The fourth-order valence-electron chi connectivity index (χ4n) is 0.499. The van der Waals surface area contributed by atoms with Crippen molar-refractivity contribution >= 4 is 5.91 Å². The normalized spacial score (nSPS) is 14.5. The lowest BCUT2D eigenvalue weighted by molar-refractivity contribution is -0.121. The molecule has 0 radical (unpaired) electrons. The van der Waals surface area contributed by atoms with Crippen LogP contribution in [0.4, 0.5) is 13.2 Å². The maximum Gasteiger partial charge on any atom is 0.289 e. The summed E-state index contributed by atoms with van der Waals surface area (Å²) < 4.78 is 35.2. The van der Waals surface area contributed by atoms with E-state index in [4.69, 9.17) is 5.73 Å². The Morgan fingerprint density at radius 3 is 2.54 bits per heavy atom. The molecule has 0 bridgehead atoms. The number of carbonyl (C=O) groups is 1. The van der Waals surface area contributed by atoms with Crippen molar-refractivity contribution in [2.45, 2.75) is 19.4 Å². The van der Waals surface area contributed by atoms with E-state index in [1.54, 1.807) is 0 Å². The Morgan fingerprint density at radius 2 is 2.15 bits per heavy atom. The highest BCUT2D eigenvalue weighted by atomic mass is 19.3. The highest BCUT2D eigenvalue weighted by Gasteiger charge is 2.09. The summed E-state index contributed by atoms with van der Waals surface area (Å²) in [4.78, 5) is 10.7. The van der Waals surface area contributed by atoms with Crippen molar-refractivity contribution in [1.29, 1.82) is 0 Å². The van der Waals surface area contributed by atoms with E-state index >= 15 is 0 Å². The largest absolute Gasteiger partial charge is 0.351 e. The number of carbonyl (C=O) groups excluding carboxylic acids is 1. The van der Waals surface area contributed by atoms with Crippen LogP contribution in [-0.4, -0.2) is 24.9 Å². The predicted octanol–water partition coefficient (Wildman–Crippen LogP) is 0.568. The molecule has 0 aromatic heterocycles. The summed E-state index contributed by atoms with van der Waals surface area (Å²) in [6.07, 6.45) is -2.53. The number of nitrogens with two attached hydrogens (primary N) is 1. The van der Waals surface area contributed by atoms with Crippen molar-refractivity contribution in [3.05, 3.63) is 11.9 Å². The Bertz CT molecular complexity index is 204. The number of halogens is 3. The van der Waals surface area contributed by atoms with Gasteiger partial charge in [0.05, 0.1) is 6.04 Å². The summed E-state index contributed by atoms with van der Waals surface area (Å²) in [5, 5.41) is 2.15. The van der Waals surface area contributed by atoms with Gasteiger partial charge < -0.3 is 11.1 Å². The summed E-state index contributed by atoms with van der Waals surface area (Å²) in [6, 6.07) is -0.733. The van der Waals surface area contributed by atoms with Gasteiger partial charge in [-0.1, -0.05) is 0 Å². The van der Waals surface area contributed by atoms with Crippen molar-refractivity contribution < 1.29 is 18.0 Å². The van der Waals surface area contributed by atoms with E-state index in [1.807, 2.05) is 0 Å². The molecule has 0 rings (SSSR count). The zero-order valence-corrected chi connectivity index (χ0v) is 7.06. The smallest absolute Gasteiger partial charge is 0.289 e. The SMILES string of the molecule is CC(N)C(=O)NC/C=C(\F)C(F)F. The monoisotopic (exact) mass is 196 g/mol. The maximum absolute atomic E-state index is 12.1. The quantitative estimate of drug-likeness (QED) is 0.690. The minimum atomic E-state index is -3.13. The Morgan fingerprint density at radius 1 is 1.62 bits per heavy atom. The van der Waals surface area contributed by atoms with Gasteiger partial charge in [-0.15, -0.1) is 0 Å². The van der Waals surface area contributed by atoms with Gasteiger partial charge in [0.1, 0.15) is 0 Å². The molecule has 6 heteroatoms. The minimum Gasteiger partial charge on any atom is -0.351 e. The number of rotatable bonds is 4. The molecule has 0 heterocycles. The lowest BCUT2D eigenvalue weighted by atomic mass is 10.3. The van der Waals surface area contributed by atoms with E-state index in [0.717, 1.165) is 0 Å². The topological polar surface area (TPSA) is 55.1 Å². The van der Waals surface area contributed by atoms with Crippen molar-refractivity contribution in [2.75, 3.05) is 6.54 Å². The summed E-state index contributed by atoms with van der Waals surface area (Å²) in [6.45, 7) is 1.15. The fraction of sp³-hybridized carbons (Fsp3) is 0.571. The number of amides is 1. The summed E-state index contributed by atoms with van der Waals surface area (Å²) in [5.41, 5.74) is 5.14. The molecule has 3 N–H and O–H groups in total. The third-order valence-electron chi connectivity index (χ3n) is 1.20. The van der Waals surface area contributed by atoms with Crippen LogP contribution < -0.4 is 11.1 Å². The van der Waals surface area contributed by atoms with Crippen LogP contribution in [-0.2, 0) is 4.79 Å². The number of alkyl halides is 2. The van der Waals surface area contributed by atoms with Crippen LogP contribution in [0.2, 0.25) is 0 Å². The van der Waals surface area contributed by atoms with Crippen molar-refractivity contribution in [3.8, 4) is 0 Å². The van der Waals surface area contributed by atoms with Crippen molar-refractivity contribution in [3.63, 3.8) is 0 Å². The van der Waals surface area contributed by atoms with E-state index in [2.05, 4.69) is 5.32 Å². The van der Waals surface area contributed by atoms with E-state index < -0.39 is 24.2 Å². The maximum atomic E-state index is 12.1. The van der Waals surface area contributed by atoms with Gasteiger partial charge in [0.2, 0.25) is 5.91 Å². The number of hydrogen-bond acceptors (Lipinski definition) is 2. The van der Waals surface area contributed by atoms with Gasteiger partial charge in [-0.2, -0.15) is 0 Å². The Balaban J connectivity index is 3.79. The first-order valence-electron chi connectivity index (χ1n) is 3.62.